The summed E-state index contributed by atoms with van der Waals surface area (Å²) in [5.41, 5.74) is 1.04. The first-order valence-electron chi connectivity index (χ1n) is 8.17. The van der Waals surface area contributed by atoms with E-state index in [-0.39, 0.29) is 12.0 Å². The highest BCUT2D eigenvalue weighted by Gasteiger charge is 2.49. The predicted molar refractivity (Wildman–Crippen MR) is 97.6 cm³/mol. The minimum absolute atomic E-state index is 0.0748. The fourth-order valence-electron chi connectivity index (χ4n) is 3.61. The summed E-state index contributed by atoms with van der Waals surface area (Å²) in [5, 5.41) is 13.1. The molecule has 0 bridgehead atoms. The molecule has 0 amide bonds. The van der Waals surface area contributed by atoms with E-state index in [1.54, 1.807) is 0 Å². The van der Waals surface area contributed by atoms with Gasteiger partial charge in [0.25, 0.3) is 8.32 Å². The van der Waals surface area contributed by atoms with Crippen LogP contribution in [-0.2, 0) is 4.43 Å². The second kappa shape index (κ2) is 6.44. The van der Waals surface area contributed by atoms with Crippen LogP contribution < -0.4 is 10.4 Å². The minimum atomic E-state index is -2.39. The number of rotatable bonds is 3. The monoisotopic (exact) mass is 324 g/mol. The molecule has 0 aromatic heterocycles. The van der Waals surface area contributed by atoms with Crippen LogP contribution in [0.3, 0.4) is 0 Å². The lowest BCUT2D eigenvalue weighted by atomic mass is 9.94. The zero-order chi connectivity index (χ0) is 16.4. The van der Waals surface area contributed by atoms with Gasteiger partial charge in [-0.1, -0.05) is 72.8 Å². The molecule has 2 aromatic carbocycles. The highest BCUT2D eigenvalue weighted by atomic mass is 28.4. The Morgan fingerprint density at radius 1 is 1.04 bits per heavy atom. The Hall–Kier alpha value is -1.68. The number of hydrogen-bond donors (Lipinski definition) is 1. The van der Waals surface area contributed by atoms with Crippen LogP contribution in [0, 0.1) is 5.92 Å². The van der Waals surface area contributed by atoms with Crippen molar-refractivity contribution in [3.63, 3.8) is 0 Å². The summed E-state index contributed by atoms with van der Waals surface area (Å²) in [7, 11) is -2.39. The summed E-state index contributed by atoms with van der Waals surface area (Å²) in [6.07, 6.45) is -0.682. The van der Waals surface area contributed by atoms with Gasteiger partial charge in [-0.2, -0.15) is 0 Å². The third kappa shape index (κ3) is 2.92. The van der Waals surface area contributed by atoms with Gasteiger partial charge in [-0.05, 0) is 30.3 Å². The normalized spacial score (nSPS) is 26.7. The lowest BCUT2D eigenvalue weighted by molar-refractivity contribution is -0.000310. The van der Waals surface area contributed by atoms with Gasteiger partial charge in [0.1, 0.15) is 0 Å². The van der Waals surface area contributed by atoms with Crippen molar-refractivity contribution in [2.24, 2.45) is 5.92 Å². The van der Waals surface area contributed by atoms with Crippen LogP contribution in [0.25, 0.3) is 0 Å². The maximum Gasteiger partial charge on any atom is 0.256 e. The number of aliphatic hydroxyl groups is 1. The van der Waals surface area contributed by atoms with Gasteiger partial charge < -0.3 is 9.53 Å². The van der Waals surface area contributed by atoms with E-state index in [1.165, 1.54) is 10.4 Å². The average molecular weight is 324 g/mol. The van der Waals surface area contributed by atoms with Crippen molar-refractivity contribution < 1.29 is 9.53 Å². The van der Waals surface area contributed by atoms with Crippen molar-refractivity contribution in [1.82, 2.24) is 0 Å². The van der Waals surface area contributed by atoms with Crippen LogP contribution in [0.5, 0.6) is 0 Å². The Kier molecular flexibility index (Phi) is 4.53. The molecular weight excluding hydrogens is 300 g/mol. The van der Waals surface area contributed by atoms with Crippen molar-refractivity contribution in [3.8, 4) is 0 Å². The molecule has 0 saturated carbocycles. The summed E-state index contributed by atoms with van der Waals surface area (Å²) >= 11 is 0. The highest BCUT2D eigenvalue weighted by molar-refractivity contribution is 6.97. The maximum atomic E-state index is 10.6. The Morgan fingerprint density at radius 2 is 1.52 bits per heavy atom. The zero-order valence-electron chi connectivity index (χ0n) is 13.8. The molecule has 0 spiro atoms. The van der Waals surface area contributed by atoms with E-state index < -0.39 is 14.4 Å². The Morgan fingerprint density at radius 3 is 1.96 bits per heavy atom. The van der Waals surface area contributed by atoms with Crippen molar-refractivity contribution >= 4 is 18.7 Å². The number of hydrogen-bond acceptors (Lipinski definition) is 2. The minimum Gasteiger partial charge on any atom is -0.403 e. The first kappa shape index (κ1) is 16.2. The highest BCUT2D eigenvalue weighted by Crippen LogP contribution is 2.34. The van der Waals surface area contributed by atoms with Gasteiger partial charge >= 0.3 is 0 Å². The van der Waals surface area contributed by atoms with Crippen LogP contribution in [0.1, 0.15) is 13.8 Å². The molecule has 1 saturated heterocycles. The quantitative estimate of drug-likeness (QED) is 0.695. The zero-order valence-corrected chi connectivity index (χ0v) is 14.8. The van der Waals surface area contributed by atoms with E-state index in [9.17, 15) is 5.11 Å². The average Bonchev–Trinajstić information content (AvgIpc) is 2.58. The van der Waals surface area contributed by atoms with E-state index in [2.05, 4.69) is 55.1 Å². The molecule has 3 rings (SSSR count). The summed E-state index contributed by atoms with van der Waals surface area (Å²) in [5.74, 6) is 0.0748. The molecule has 3 heteroatoms. The second-order valence-electron chi connectivity index (χ2n) is 6.53. The van der Waals surface area contributed by atoms with Gasteiger partial charge in [0, 0.05) is 5.92 Å². The van der Waals surface area contributed by atoms with Crippen LogP contribution in [0.2, 0.25) is 6.04 Å². The summed E-state index contributed by atoms with van der Waals surface area (Å²) < 4.78 is 6.59. The Labute approximate surface area is 139 Å². The van der Waals surface area contributed by atoms with E-state index >= 15 is 0 Å². The molecule has 23 heavy (non-hydrogen) atoms. The lowest BCUT2D eigenvalue weighted by Gasteiger charge is -2.46. The molecule has 1 N–H and O–H groups in total. The van der Waals surface area contributed by atoms with E-state index in [1.807, 2.05) is 26.0 Å². The molecule has 120 valence electrons. The van der Waals surface area contributed by atoms with Crippen molar-refractivity contribution in [1.29, 1.82) is 0 Å². The van der Waals surface area contributed by atoms with Crippen molar-refractivity contribution in [2.75, 3.05) is 0 Å². The van der Waals surface area contributed by atoms with Crippen molar-refractivity contribution in [3.05, 3.63) is 72.8 Å². The number of aliphatic hydroxyl groups excluding tert-OH is 1. The van der Waals surface area contributed by atoms with Gasteiger partial charge in [0.15, 0.2) is 0 Å². The van der Waals surface area contributed by atoms with Crippen LogP contribution in [0.15, 0.2) is 72.8 Å². The summed E-state index contributed by atoms with van der Waals surface area (Å²) in [6, 6.07) is 21.9. The van der Waals surface area contributed by atoms with E-state index in [0.29, 0.717) is 0 Å². The number of benzene rings is 2. The Bertz CT molecular complexity index is 629. The summed E-state index contributed by atoms with van der Waals surface area (Å²) in [6.45, 7) is 8.12. The molecule has 0 aliphatic carbocycles. The van der Waals surface area contributed by atoms with E-state index in [4.69, 9.17) is 4.43 Å². The van der Waals surface area contributed by atoms with Crippen LogP contribution in [0.4, 0.5) is 0 Å². The molecule has 3 atom stereocenters. The van der Waals surface area contributed by atoms with E-state index in [0.717, 1.165) is 11.6 Å². The van der Waals surface area contributed by atoms with Gasteiger partial charge in [-0.25, -0.2) is 0 Å². The predicted octanol–water partition coefficient (Wildman–Crippen LogP) is 2.72. The van der Waals surface area contributed by atoms with Gasteiger partial charge in [-0.3, -0.25) is 0 Å². The molecule has 2 nitrogen and oxygen atoms in total. The first-order chi connectivity index (χ1) is 11.0. The standard InChI is InChI=1S/C20H24O2Si/c1-15(2)19-14-23(22-16(3)20(19)21,17-10-6-4-7-11-17)18-12-8-5-9-13-18/h4-13,16,19-21H,1,14H2,2-3H3/t16-,19+,20+/m0/s1. The third-order valence-electron chi connectivity index (χ3n) is 4.90. The maximum absolute atomic E-state index is 10.6. The van der Waals surface area contributed by atoms with Crippen molar-refractivity contribution in [2.45, 2.75) is 32.1 Å². The molecule has 1 heterocycles. The van der Waals surface area contributed by atoms with Gasteiger partial charge in [0.2, 0.25) is 0 Å². The van der Waals surface area contributed by atoms with Gasteiger partial charge in [-0.15, -0.1) is 0 Å². The molecule has 0 unspecified atom stereocenters. The molecule has 1 aliphatic rings. The lowest BCUT2D eigenvalue weighted by Crippen LogP contribution is -2.67. The SMILES string of the molecule is C=C(C)[C@H]1C[Si](c2ccccc2)(c2ccccc2)O[C@@H](C)[C@H]1O. The molecule has 1 fully saturated rings. The van der Waals surface area contributed by atoms with Crippen LogP contribution >= 0.6 is 0 Å². The summed E-state index contributed by atoms with van der Waals surface area (Å²) in [4.78, 5) is 0. The largest absolute Gasteiger partial charge is 0.403 e. The molecule has 0 radical (unpaired) electrons. The first-order valence-corrected chi connectivity index (χ1v) is 10.3. The smallest absolute Gasteiger partial charge is 0.256 e. The second-order valence-corrected chi connectivity index (χ2v) is 9.98. The molecular formula is C20H24O2Si. The van der Waals surface area contributed by atoms with Gasteiger partial charge in [0.05, 0.1) is 12.2 Å². The third-order valence-corrected chi connectivity index (χ3v) is 9.22. The topological polar surface area (TPSA) is 29.5 Å². The fraction of sp³-hybridized carbons (Fsp3) is 0.300. The molecule has 2 aromatic rings. The Balaban J connectivity index is 2.15. The fourth-order valence-corrected chi connectivity index (χ4v) is 8.23. The van der Waals surface area contributed by atoms with Crippen LogP contribution in [-0.4, -0.2) is 25.6 Å². The molecule has 1 aliphatic heterocycles.